The molecule has 3 rings (SSSR count). The fourth-order valence-corrected chi connectivity index (χ4v) is 3.58. The third-order valence-electron chi connectivity index (χ3n) is 4.93. The standard InChI is InChI=1S/C23H29ClN4O/c1-2-25-23(26-13-12-18-5-3-6-21(24)15-18)27-16-19-8-10-20(11-9-19)17-28-14-4-7-22(28)29/h3,5-6,8-11,15H,2,4,7,12-14,16-17H2,1H3,(H2,25,26,27). The highest BCUT2D eigenvalue weighted by Crippen LogP contribution is 2.15. The van der Waals surface area contributed by atoms with Gasteiger partial charge in [-0.3, -0.25) is 4.79 Å². The second kappa shape index (κ2) is 10.9. The zero-order valence-electron chi connectivity index (χ0n) is 17.0. The van der Waals surface area contributed by atoms with E-state index in [1.807, 2.05) is 23.1 Å². The molecule has 1 aliphatic rings. The molecule has 0 unspecified atom stereocenters. The number of carbonyl (C=O) groups excluding carboxylic acids is 1. The number of aliphatic imine (C=N–C) groups is 1. The molecule has 1 heterocycles. The molecule has 2 aromatic carbocycles. The van der Waals surface area contributed by atoms with E-state index < -0.39 is 0 Å². The number of benzene rings is 2. The first-order chi connectivity index (χ1) is 14.1. The summed E-state index contributed by atoms with van der Waals surface area (Å²) in [7, 11) is 0. The zero-order chi connectivity index (χ0) is 20.5. The molecule has 1 saturated heterocycles. The quantitative estimate of drug-likeness (QED) is 0.512. The van der Waals surface area contributed by atoms with E-state index in [0.29, 0.717) is 19.5 Å². The molecule has 29 heavy (non-hydrogen) atoms. The third kappa shape index (κ3) is 6.79. The Hall–Kier alpha value is -2.53. The smallest absolute Gasteiger partial charge is 0.222 e. The normalized spacial score (nSPS) is 14.3. The third-order valence-corrected chi connectivity index (χ3v) is 5.16. The second-order valence-electron chi connectivity index (χ2n) is 7.24. The summed E-state index contributed by atoms with van der Waals surface area (Å²) in [6, 6.07) is 16.3. The highest BCUT2D eigenvalue weighted by Gasteiger charge is 2.19. The van der Waals surface area contributed by atoms with Crippen molar-refractivity contribution in [2.24, 2.45) is 4.99 Å². The van der Waals surface area contributed by atoms with Crippen molar-refractivity contribution in [3.05, 3.63) is 70.2 Å². The van der Waals surface area contributed by atoms with Gasteiger partial charge in [0, 0.05) is 37.6 Å². The Kier molecular flexibility index (Phi) is 7.94. The van der Waals surface area contributed by atoms with Crippen molar-refractivity contribution in [1.29, 1.82) is 0 Å². The monoisotopic (exact) mass is 412 g/mol. The zero-order valence-corrected chi connectivity index (χ0v) is 17.7. The van der Waals surface area contributed by atoms with Crippen LogP contribution >= 0.6 is 11.6 Å². The van der Waals surface area contributed by atoms with Gasteiger partial charge >= 0.3 is 0 Å². The average Bonchev–Trinajstić information content (AvgIpc) is 3.12. The van der Waals surface area contributed by atoms with Crippen LogP contribution in [-0.2, 0) is 24.3 Å². The van der Waals surface area contributed by atoms with E-state index in [4.69, 9.17) is 11.6 Å². The van der Waals surface area contributed by atoms with Crippen LogP contribution in [0.2, 0.25) is 5.02 Å². The molecule has 0 radical (unpaired) electrons. The summed E-state index contributed by atoms with van der Waals surface area (Å²) in [5.74, 6) is 1.07. The molecule has 1 fully saturated rings. The SMILES string of the molecule is CCNC(=NCc1ccc(CN2CCCC2=O)cc1)NCCc1cccc(Cl)c1. The molecule has 6 heteroatoms. The number of rotatable bonds is 8. The summed E-state index contributed by atoms with van der Waals surface area (Å²) in [6.45, 7) is 5.84. The fraction of sp³-hybridized carbons (Fsp3) is 0.391. The Labute approximate surface area is 178 Å². The van der Waals surface area contributed by atoms with Gasteiger partial charge in [0.1, 0.15) is 0 Å². The van der Waals surface area contributed by atoms with Crippen LogP contribution < -0.4 is 10.6 Å². The predicted octanol–water partition coefficient (Wildman–Crippen LogP) is 3.76. The van der Waals surface area contributed by atoms with Crippen LogP contribution in [0.15, 0.2) is 53.5 Å². The molecule has 154 valence electrons. The highest BCUT2D eigenvalue weighted by atomic mass is 35.5. The number of hydrogen-bond acceptors (Lipinski definition) is 2. The van der Waals surface area contributed by atoms with Crippen molar-refractivity contribution in [2.45, 2.75) is 39.3 Å². The van der Waals surface area contributed by atoms with E-state index in [2.05, 4.69) is 52.9 Å². The summed E-state index contributed by atoms with van der Waals surface area (Å²) in [5, 5.41) is 7.42. The predicted molar refractivity (Wildman–Crippen MR) is 119 cm³/mol. The van der Waals surface area contributed by atoms with Gasteiger partial charge in [0.2, 0.25) is 5.91 Å². The van der Waals surface area contributed by atoms with Gasteiger partial charge in [-0.15, -0.1) is 0 Å². The molecular formula is C23H29ClN4O. The molecule has 0 aliphatic carbocycles. The number of nitrogens with one attached hydrogen (secondary N) is 2. The van der Waals surface area contributed by atoms with Gasteiger partial charge in [0.05, 0.1) is 6.54 Å². The van der Waals surface area contributed by atoms with E-state index in [1.54, 1.807) is 0 Å². The first kappa shape index (κ1) is 21.2. The molecule has 0 aromatic heterocycles. The van der Waals surface area contributed by atoms with Gasteiger partial charge in [-0.25, -0.2) is 4.99 Å². The minimum atomic E-state index is 0.262. The Morgan fingerprint density at radius 1 is 1.10 bits per heavy atom. The van der Waals surface area contributed by atoms with E-state index in [0.717, 1.165) is 49.0 Å². The second-order valence-corrected chi connectivity index (χ2v) is 7.67. The van der Waals surface area contributed by atoms with Crippen molar-refractivity contribution in [2.75, 3.05) is 19.6 Å². The van der Waals surface area contributed by atoms with Crippen LogP contribution in [0.1, 0.15) is 36.5 Å². The van der Waals surface area contributed by atoms with Crippen LogP contribution in [0.5, 0.6) is 0 Å². The van der Waals surface area contributed by atoms with Crippen molar-refractivity contribution < 1.29 is 4.79 Å². The molecule has 0 spiro atoms. The lowest BCUT2D eigenvalue weighted by molar-refractivity contribution is -0.128. The Morgan fingerprint density at radius 3 is 2.59 bits per heavy atom. The molecule has 0 saturated carbocycles. The summed E-state index contributed by atoms with van der Waals surface area (Å²) < 4.78 is 0. The molecule has 5 nitrogen and oxygen atoms in total. The number of hydrogen-bond donors (Lipinski definition) is 2. The van der Waals surface area contributed by atoms with Gasteiger partial charge < -0.3 is 15.5 Å². The summed E-state index contributed by atoms with van der Waals surface area (Å²) in [4.78, 5) is 18.4. The number of nitrogens with zero attached hydrogens (tertiary/aromatic N) is 2. The van der Waals surface area contributed by atoms with Gasteiger partial charge in [0.25, 0.3) is 0 Å². The summed E-state index contributed by atoms with van der Waals surface area (Å²) in [6.07, 6.45) is 2.54. The molecular weight excluding hydrogens is 384 g/mol. The summed E-state index contributed by atoms with van der Waals surface area (Å²) in [5.41, 5.74) is 3.51. The van der Waals surface area contributed by atoms with Crippen LogP contribution in [0.4, 0.5) is 0 Å². The van der Waals surface area contributed by atoms with Gasteiger partial charge in [0.15, 0.2) is 5.96 Å². The van der Waals surface area contributed by atoms with Crippen LogP contribution in [0.25, 0.3) is 0 Å². The lowest BCUT2D eigenvalue weighted by atomic mass is 10.1. The number of carbonyl (C=O) groups is 1. The van der Waals surface area contributed by atoms with Crippen LogP contribution in [-0.4, -0.2) is 36.4 Å². The molecule has 0 atom stereocenters. The number of amides is 1. The molecule has 1 amide bonds. The van der Waals surface area contributed by atoms with E-state index in [-0.39, 0.29) is 5.91 Å². The molecule has 1 aliphatic heterocycles. The van der Waals surface area contributed by atoms with Crippen LogP contribution in [0.3, 0.4) is 0 Å². The highest BCUT2D eigenvalue weighted by molar-refractivity contribution is 6.30. The van der Waals surface area contributed by atoms with Gasteiger partial charge in [-0.05, 0) is 48.6 Å². The number of guanidine groups is 1. The topological polar surface area (TPSA) is 56.7 Å². The average molecular weight is 413 g/mol. The first-order valence-corrected chi connectivity index (χ1v) is 10.6. The van der Waals surface area contributed by atoms with Gasteiger partial charge in [-0.2, -0.15) is 0 Å². The Bertz CT molecular complexity index is 835. The molecule has 2 N–H and O–H groups in total. The maximum absolute atomic E-state index is 11.8. The summed E-state index contributed by atoms with van der Waals surface area (Å²) >= 11 is 6.04. The maximum atomic E-state index is 11.8. The first-order valence-electron chi connectivity index (χ1n) is 10.3. The van der Waals surface area contributed by atoms with Crippen molar-refractivity contribution in [3.8, 4) is 0 Å². The Morgan fingerprint density at radius 2 is 1.90 bits per heavy atom. The van der Waals surface area contributed by atoms with E-state index in [1.165, 1.54) is 11.1 Å². The molecule has 0 bridgehead atoms. The van der Waals surface area contributed by atoms with Crippen molar-refractivity contribution in [1.82, 2.24) is 15.5 Å². The van der Waals surface area contributed by atoms with Gasteiger partial charge in [-0.1, -0.05) is 48.0 Å². The van der Waals surface area contributed by atoms with Crippen LogP contribution in [0, 0.1) is 0 Å². The van der Waals surface area contributed by atoms with E-state index >= 15 is 0 Å². The molecule has 2 aromatic rings. The lowest BCUT2D eigenvalue weighted by Gasteiger charge is -2.15. The fourth-order valence-electron chi connectivity index (χ4n) is 3.37. The Balaban J connectivity index is 1.50. The number of likely N-dealkylation sites (tertiary alicyclic amines) is 1. The lowest BCUT2D eigenvalue weighted by Crippen LogP contribution is -2.38. The minimum absolute atomic E-state index is 0.262. The van der Waals surface area contributed by atoms with Crippen molar-refractivity contribution >= 4 is 23.5 Å². The largest absolute Gasteiger partial charge is 0.357 e. The van der Waals surface area contributed by atoms with E-state index in [9.17, 15) is 4.79 Å². The number of halogens is 1. The van der Waals surface area contributed by atoms with Crippen molar-refractivity contribution in [3.63, 3.8) is 0 Å². The minimum Gasteiger partial charge on any atom is -0.357 e. The maximum Gasteiger partial charge on any atom is 0.222 e.